The summed E-state index contributed by atoms with van der Waals surface area (Å²) in [7, 11) is 0. The van der Waals surface area contributed by atoms with Crippen LogP contribution in [0, 0.1) is 13.8 Å². The Hall–Kier alpha value is -2.73. The molecule has 4 heterocycles. The van der Waals surface area contributed by atoms with Crippen molar-refractivity contribution in [3.05, 3.63) is 65.2 Å². The molecule has 0 unspecified atom stereocenters. The van der Waals surface area contributed by atoms with Gasteiger partial charge in [0.25, 0.3) is 0 Å². The van der Waals surface area contributed by atoms with Gasteiger partial charge in [-0.25, -0.2) is 9.97 Å². The van der Waals surface area contributed by atoms with Gasteiger partial charge in [-0.1, -0.05) is 12.1 Å². The van der Waals surface area contributed by atoms with Gasteiger partial charge < -0.3 is 5.32 Å². The summed E-state index contributed by atoms with van der Waals surface area (Å²) in [6.07, 6.45) is 6.28. The highest BCUT2D eigenvalue weighted by molar-refractivity contribution is 5.55. The Morgan fingerprint density at radius 2 is 1.93 bits per heavy atom. The Morgan fingerprint density at radius 1 is 1.10 bits per heavy atom. The van der Waals surface area contributed by atoms with E-state index in [0.29, 0.717) is 5.92 Å². The van der Waals surface area contributed by atoms with Crippen molar-refractivity contribution in [3.63, 3.8) is 0 Å². The Kier molecular flexibility index (Phi) is 5.90. The predicted octanol–water partition coefficient (Wildman–Crippen LogP) is 4.43. The van der Waals surface area contributed by atoms with Gasteiger partial charge in [0.05, 0.1) is 5.69 Å². The van der Waals surface area contributed by atoms with E-state index in [0.717, 1.165) is 61.9 Å². The smallest absolute Gasteiger partial charge is 0.134 e. The lowest BCUT2D eigenvalue weighted by Crippen LogP contribution is -2.32. The van der Waals surface area contributed by atoms with E-state index < -0.39 is 0 Å². The van der Waals surface area contributed by atoms with Crippen LogP contribution in [0.2, 0.25) is 0 Å². The highest BCUT2D eigenvalue weighted by Crippen LogP contribution is 2.29. The summed E-state index contributed by atoms with van der Waals surface area (Å²) in [4.78, 5) is 11.8. The van der Waals surface area contributed by atoms with Crippen molar-refractivity contribution in [2.24, 2.45) is 0 Å². The second-order valence-corrected chi connectivity index (χ2v) is 7.89. The number of hydrogen-bond acceptors (Lipinski definition) is 5. The molecule has 0 bridgehead atoms. The van der Waals surface area contributed by atoms with Gasteiger partial charge in [0.15, 0.2) is 0 Å². The zero-order valence-electron chi connectivity index (χ0n) is 17.6. The fourth-order valence-electron chi connectivity index (χ4n) is 3.99. The monoisotopic (exact) mass is 390 g/mol. The average Bonchev–Trinajstić information content (AvgIpc) is 3.10. The zero-order chi connectivity index (χ0) is 20.2. The maximum atomic E-state index is 4.89. The van der Waals surface area contributed by atoms with E-state index in [-0.39, 0.29) is 0 Å². The molecule has 152 valence electrons. The van der Waals surface area contributed by atoms with Gasteiger partial charge in [0.2, 0.25) is 0 Å². The molecule has 0 aromatic carbocycles. The van der Waals surface area contributed by atoms with Gasteiger partial charge in [0.1, 0.15) is 11.6 Å². The second-order valence-electron chi connectivity index (χ2n) is 7.89. The van der Waals surface area contributed by atoms with Crippen molar-refractivity contribution in [1.82, 2.24) is 24.6 Å². The standard InChI is InChI=1S/C23H30N6/c1-4-29-16-20(18(3)27-29)15-28-13-10-19(11-14-28)21-8-5-9-22(25-21)26-23-17(2)7-6-12-24-23/h5-9,12,16,19H,4,10-11,13-15H2,1-3H3,(H,24,25,26). The molecule has 29 heavy (non-hydrogen) atoms. The number of rotatable bonds is 6. The summed E-state index contributed by atoms with van der Waals surface area (Å²) in [6, 6.07) is 10.3. The SMILES string of the molecule is CCn1cc(CN2CCC(c3cccc(Nc4ncccc4C)n3)CC2)c(C)n1. The van der Waals surface area contributed by atoms with Crippen molar-refractivity contribution in [1.29, 1.82) is 0 Å². The lowest BCUT2D eigenvalue weighted by Gasteiger charge is -2.31. The van der Waals surface area contributed by atoms with Gasteiger partial charge >= 0.3 is 0 Å². The molecule has 0 radical (unpaired) electrons. The van der Waals surface area contributed by atoms with Crippen molar-refractivity contribution in [2.45, 2.75) is 52.6 Å². The van der Waals surface area contributed by atoms with Crippen LogP contribution in [0.3, 0.4) is 0 Å². The molecule has 3 aromatic heterocycles. The minimum absolute atomic E-state index is 0.511. The molecule has 1 saturated heterocycles. The van der Waals surface area contributed by atoms with E-state index in [9.17, 15) is 0 Å². The Bertz CT molecular complexity index is 956. The molecule has 0 spiro atoms. The fraction of sp³-hybridized carbons (Fsp3) is 0.435. The molecule has 1 aliphatic heterocycles. The molecule has 1 fully saturated rings. The maximum Gasteiger partial charge on any atom is 0.134 e. The average molecular weight is 391 g/mol. The van der Waals surface area contributed by atoms with Crippen LogP contribution in [0.4, 0.5) is 11.6 Å². The number of anilines is 2. The normalized spacial score (nSPS) is 15.6. The number of likely N-dealkylation sites (tertiary alicyclic amines) is 1. The lowest BCUT2D eigenvalue weighted by molar-refractivity contribution is 0.203. The Balaban J connectivity index is 1.37. The van der Waals surface area contributed by atoms with Crippen molar-refractivity contribution in [3.8, 4) is 0 Å². The van der Waals surface area contributed by atoms with E-state index in [4.69, 9.17) is 4.98 Å². The number of pyridine rings is 2. The minimum atomic E-state index is 0.511. The third-order valence-electron chi connectivity index (χ3n) is 5.80. The predicted molar refractivity (Wildman–Crippen MR) is 116 cm³/mol. The van der Waals surface area contributed by atoms with Crippen molar-refractivity contribution >= 4 is 11.6 Å². The number of hydrogen-bond donors (Lipinski definition) is 1. The third-order valence-corrected chi connectivity index (χ3v) is 5.80. The highest BCUT2D eigenvalue weighted by atomic mass is 15.3. The number of aromatic nitrogens is 4. The van der Waals surface area contributed by atoms with Crippen LogP contribution in [-0.2, 0) is 13.1 Å². The van der Waals surface area contributed by atoms with E-state index in [1.807, 2.05) is 16.8 Å². The highest BCUT2D eigenvalue weighted by Gasteiger charge is 2.22. The second kappa shape index (κ2) is 8.74. The van der Waals surface area contributed by atoms with Crippen LogP contribution in [-0.4, -0.2) is 37.7 Å². The molecule has 0 saturated carbocycles. The maximum absolute atomic E-state index is 4.89. The number of piperidine rings is 1. The minimum Gasteiger partial charge on any atom is -0.325 e. The van der Waals surface area contributed by atoms with Crippen molar-refractivity contribution < 1.29 is 0 Å². The Labute approximate surface area is 173 Å². The van der Waals surface area contributed by atoms with Gasteiger partial charge in [-0.2, -0.15) is 5.10 Å². The number of nitrogens with zero attached hydrogens (tertiary/aromatic N) is 5. The topological polar surface area (TPSA) is 58.9 Å². The van der Waals surface area contributed by atoms with Crippen LogP contribution in [0.1, 0.15) is 48.2 Å². The molecule has 1 aliphatic rings. The fourth-order valence-corrected chi connectivity index (χ4v) is 3.99. The molecule has 6 nitrogen and oxygen atoms in total. The number of nitrogens with one attached hydrogen (secondary N) is 1. The van der Waals surface area contributed by atoms with Gasteiger partial charge in [-0.15, -0.1) is 0 Å². The molecular weight excluding hydrogens is 360 g/mol. The first-order valence-corrected chi connectivity index (χ1v) is 10.5. The molecule has 0 atom stereocenters. The first-order chi connectivity index (χ1) is 14.1. The number of aryl methyl sites for hydroxylation is 3. The summed E-state index contributed by atoms with van der Waals surface area (Å²) in [6.45, 7) is 10.4. The van der Waals surface area contributed by atoms with Crippen LogP contribution < -0.4 is 5.32 Å². The summed E-state index contributed by atoms with van der Waals surface area (Å²) in [5.41, 5.74) is 4.80. The van der Waals surface area contributed by atoms with E-state index >= 15 is 0 Å². The van der Waals surface area contributed by atoms with E-state index in [1.165, 1.54) is 11.3 Å². The van der Waals surface area contributed by atoms with Crippen LogP contribution in [0.15, 0.2) is 42.7 Å². The van der Waals surface area contributed by atoms with Crippen LogP contribution >= 0.6 is 0 Å². The largest absolute Gasteiger partial charge is 0.325 e. The summed E-state index contributed by atoms with van der Waals surface area (Å²) in [5, 5.41) is 7.94. The molecule has 3 aromatic rings. The third kappa shape index (κ3) is 4.65. The lowest BCUT2D eigenvalue weighted by atomic mass is 9.93. The van der Waals surface area contributed by atoms with Crippen LogP contribution in [0.25, 0.3) is 0 Å². The molecule has 6 heteroatoms. The molecular formula is C23H30N6. The van der Waals surface area contributed by atoms with Gasteiger partial charge in [-0.3, -0.25) is 9.58 Å². The van der Waals surface area contributed by atoms with E-state index in [1.54, 1.807) is 6.20 Å². The van der Waals surface area contributed by atoms with Gasteiger partial charge in [-0.05, 0) is 70.5 Å². The summed E-state index contributed by atoms with van der Waals surface area (Å²) in [5.74, 6) is 2.25. The van der Waals surface area contributed by atoms with Gasteiger partial charge in [0, 0.05) is 42.7 Å². The zero-order valence-corrected chi connectivity index (χ0v) is 17.6. The summed E-state index contributed by atoms with van der Waals surface area (Å²) < 4.78 is 2.03. The quantitative estimate of drug-likeness (QED) is 0.675. The summed E-state index contributed by atoms with van der Waals surface area (Å²) >= 11 is 0. The molecule has 0 amide bonds. The van der Waals surface area contributed by atoms with E-state index in [2.05, 4.69) is 65.5 Å². The van der Waals surface area contributed by atoms with Crippen LogP contribution in [0.5, 0.6) is 0 Å². The Morgan fingerprint density at radius 3 is 2.66 bits per heavy atom. The first-order valence-electron chi connectivity index (χ1n) is 10.5. The molecule has 1 N–H and O–H groups in total. The van der Waals surface area contributed by atoms with Crippen molar-refractivity contribution in [2.75, 3.05) is 18.4 Å². The molecule has 4 rings (SSSR count). The molecule has 0 aliphatic carbocycles. The first kappa shape index (κ1) is 19.6.